The quantitative estimate of drug-likeness (QED) is 0.619. The molecule has 1 aromatic rings. The minimum atomic E-state index is -0.328. The molecule has 0 atom stereocenters. The number of nitrogens with zero attached hydrogens (tertiary/aromatic N) is 1. The highest BCUT2D eigenvalue weighted by molar-refractivity contribution is 9.11. The molecule has 0 aliphatic heterocycles. The van der Waals surface area contributed by atoms with Gasteiger partial charge in [0.05, 0.1) is 10.0 Å². The number of nitrogens with one attached hydrogen (secondary N) is 2. The van der Waals surface area contributed by atoms with Gasteiger partial charge in [0.1, 0.15) is 0 Å². The zero-order chi connectivity index (χ0) is 9.68. The van der Waals surface area contributed by atoms with Gasteiger partial charge in [0, 0.05) is 18.0 Å². The maximum Gasteiger partial charge on any atom is 0.334 e. The third kappa shape index (κ3) is 3.56. The number of urea groups is 1. The fourth-order valence-corrected chi connectivity index (χ4v) is 1.74. The van der Waals surface area contributed by atoms with Gasteiger partial charge in [-0.15, -0.1) is 11.3 Å². The van der Waals surface area contributed by atoms with Gasteiger partial charge in [-0.25, -0.2) is 10.2 Å². The number of amides is 2. The van der Waals surface area contributed by atoms with Crippen molar-refractivity contribution in [1.29, 1.82) is 0 Å². The molecule has 1 heterocycles. The van der Waals surface area contributed by atoms with Gasteiger partial charge in [-0.1, -0.05) is 0 Å². The van der Waals surface area contributed by atoms with E-state index >= 15 is 0 Å². The fraction of sp³-hybridized carbons (Fsp3) is 0.143. The van der Waals surface area contributed by atoms with Crippen molar-refractivity contribution in [2.75, 3.05) is 7.05 Å². The Hall–Kier alpha value is -0.880. The zero-order valence-electron chi connectivity index (χ0n) is 6.87. The molecule has 0 radical (unpaired) electrons. The standard InChI is InChI=1S/C7H8BrN3OS/c1-9-7(12)11-10-3-5-2-6(8)13-4-5/h2-4H,1H3,(H2,9,11,12)/b10-3+. The van der Waals surface area contributed by atoms with Crippen molar-refractivity contribution in [3.63, 3.8) is 0 Å². The summed E-state index contributed by atoms with van der Waals surface area (Å²) in [7, 11) is 1.53. The van der Waals surface area contributed by atoms with E-state index in [1.807, 2.05) is 11.4 Å². The molecule has 13 heavy (non-hydrogen) atoms. The van der Waals surface area contributed by atoms with Crippen LogP contribution in [0.25, 0.3) is 0 Å². The van der Waals surface area contributed by atoms with Gasteiger partial charge in [-0.3, -0.25) is 0 Å². The smallest absolute Gasteiger partial charge is 0.334 e. The molecule has 1 rings (SSSR count). The van der Waals surface area contributed by atoms with Crippen LogP contribution in [0.5, 0.6) is 0 Å². The van der Waals surface area contributed by atoms with Crippen LogP contribution in [-0.2, 0) is 0 Å². The van der Waals surface area contributed by atoms with Gasteiger partial charge in [0.25, 0.3) is 0 Å². The minimum absolute atomic E-state index is 0.328. The summed E-state index contributed by atoms with van der Waals surface area (Å²) in [4.78, 5) is 10.7. The number of carbonyl (C=O) groups excluding carboxylic acids is 1. The second-order valence-electron chi connectivity index (χ2n) is 2.13. The molecule has 0 saturated heterocycles. The summed E-state index contributed by atoms with van der Waals surface area (Å²) < 4.78 is 1.04. The summed E-state index contributed by atoms with van der Waals surface area (Å²) in [5.74, 6) is 0. The van der Waals surface area contributed by atoms with Crippen molar-refractivity contribution in [2.24, 2.45) is 5.10 Å². The van der Waals surface area contributed by atoms with Crippen molar-refractivity contribution in [2.45, 2.75) is 0 Å². The second-order valence-corrected chi connectivity index (χ2v) is 4.42. The maximum absolute atomic E-state index is 10.7. The third-order valence-corrected chi connectivity index (χ3v) is 2.72. The van der Waals surface area contributed by atoms with E-state index in [1.54, 1.807) is 17.6 Å². The van der Waals surface area contributed by atoms with Gasteiger partial charge in [-0.2, -0.15) is 5.10 Å². The van der Waals surface area contributed by atoms with Crippen LogP contribution in [0.4, 0.5) is 4.79 Å². The van der Waals surface area contributed by atoms with Crippen molar-refractivity contribution >= 4 is 39.5 Å². The predicted octanol–water partition coefficient (Wildman–Crippen LogP) is 1.77. The summed E-state index contributed by atoms with van der Waals surface area (Å²) in [6, 6.07) is 1.59. The van der Waals surface area contributed by atoms with E-state index < -0.39 is 0 Å². The van der Waals surface area contributed by atoms with E-state index in [0.29, 0.717) is 0 Å². The van der Waals surface area contributed by atoms with Gasteiger partial charge in [0.15, 0.2) is 0 Å². The lowest BCUT2D eigenvalue weighted by molar-refractivity contribution is 0.243. The lowest BCUT2D eigenvalue weighted by Crippen LogP contribution is -2.28. The Kier molecular flexibility index (Phi) is 3.91. The Balaban J connectivity index is 2.45. The maximum atomic E-state index is 10.7. The number of hydrogen-bond acceptors (Lipinski definition) is 3. The van der Waals surface area contributed by atoms with Crippen molar-refractivity contribution < 1.29 is 4.79 Å². The van der Waals surface area contributed by atoms with Crippen LogP contribution in [0, 0.1) is 0 Å². The van der Waals surface area contributed by atoms with Crippen molar-refractivity contribution in [1.82, 2.24) is 10.7 Å². The van der Waals surface area contributed by atoms with Crippen LogP contribution in [0.15, 0.2) is 20.3 Å². The summed E-state index contributed by atoms with van der Waals surface area (Å²) >= 11 is 4.89. The van der Waals surface area contributed by atoms with E-state index in [-0.39, 0.29) is 6.03 Å². The van der Waals surface area contributed by atoms with Gasteiger partial charge < -0.3 is 5.32 Å². The zero-order valence-corrected chi connectivity index (χ0v) is 9.28. The molecule has 0 fully saturated rings. The topological polar surface area (TPSA) is 53.5 Å². The van der Waals surface area contributed by atoms with Crippen LogP contribution >= 0.6 is 27.3 Å². The molecular weight excluding hydrogens is 254 g/mol. The van der Waals surface area contributed by atoms with Crippen LogP contribution in [0.2, 0.25) is 0 Å². The molecule has 2 amide bonds. The molecule has 0 spiro atoms. The SMILES string of the molecule is CNC(=O)N/N=C/c1csc(Br)c1. The molecule has 0 aliphatic carbocycles. The van der Waals surface area contributed by atoms with Gasteiger partial charge in [-0.05, 0) is 22.0 Å². The molecule has 0 aromatic carbocycles. The Labute approximate surface area is 88.2 Å². The highest BCUT2D eigenvalue weighted by Crippen LogP contribution is 2.19. The molecule has 6 heteroatoms. The van der Waals surface area contributed by atoms with Gasteiger partial charge in [0.2, 0.25) is 0 Å². The van der Waals surface area contributed by atoms with Gasteiger partial charge >= 0.3 is 6.03 Å². The Morgan fingerprint density at radius 1 is 1.77 bits per heavy atom. The summed E-state index contributed by atoms with van der Waals surface area (Å²) in [6.07, 6.45) is 1.58. The Morgan fingerprint density at radius 3 is 3.08 bits per heavy atom. The van der Waals surface area contributed by atoms with E-state index in [2.05, 4.69) is 31.8 Å². The molecule has 2 N–H and O–H groups in total. The highest BCUT2D eigenvalue weighted by Gasteiger charge is 1.93. The summed E-state index contributed by atoms with van der Waals surface area (Å²) in [5, 5.41) is 8.04. The van der Waals surface area contributed by atoms with Crippen LogP contribution in [-0.4, -0.2) is 19.3 Å². The lowest BCUT2D eigenvalue weighted by Gasteiger charge is -1.94. The first-order valence-electron chi connectivity index (χ1n) is 3.47. The number of hydrazone groups is 1. The minimum Gasteiger partial charge on any atom is -0.340 e. The molecular formula is C7H8BrN3OS. The average molecular weight is 262 g/mol. The van der Waals surface area contributed by atoms with Crippen molar-refractivity contribution in [3.8, 4) is 0 Å². The third-order valence-electron chi connectivity index (χ3n) is 1.19. The van der Waals surface area contributed by atoms with E-state index in [4.69, 9.17) is 0 Å². The number of halogens is 1. The highest BCUT2D eigenvalue weighted by atomic mass is 79.9. The Bertz CT molecular complexity index is 323. The second kappa shape index (κ2) is 4.98. The monoisotopic (exact) mass is 261 g/mol. The summed E-state index contributed by atoms with van der Waals surface area (Å²) in [5.41, 5.74) is 3.25. The largest absolute Gasteiger partial charge is 0.340 e. The number of thiophene rings is 1. The lowest BCUT2D eigenvalue weighted by atomic mass is 10.4. The molecule has 1 aromatic heterocycles. The number of rotatable bonds is 2. The average Bonchev–Trinajstić information content (AvgIpc) is 2.51. The fourth-order valence-electron chi connectivity index (χ4n) is 0.612. The first-order chi connectivity index (χ1) is 6.22. The molecule has 0 aliphatic rings. The van der Waals surface area contributed by atoms with Crippen LogP contribution in [0.3, 0.4) is 0 Å². The van der Waals surface area contributed by atoms with Crippen molar-refractivity contribution in [3.05, 3.63) is 20.8 Å². The molecule has 70 valence electrons. The molecule has 4 nitrogen and oxygen atoms in total. The van der Waals surface area contributed by atoms with E-state index in [9.17, 15) is 4.79 Å². The predicted molar refractivity (Wildman–Crippen MR) is 57.2 cm³/mol. The Morgan fingerprint density at radius 2 is 2.54 bits per heavy atom. The first-order valence-corrected chi connectivity index (χ1v) is 5.14. The molecule has 0 unspecified atom stereocenters. The molecule has 0 saturated carbocycles. The normalized spacial score (nSPS) is 10.3. The summed E-state index contributed by atoms with van der Waals surface area (Å²) in [6.45, 7) is 0. The van der Waals surface area contributed by atoms with Crippen LogP contribution in [0.1, 0.15) is 5.56 Å². The van der Waals surface area contributed by atoms with Crippen LogP contribution < -0.4 is 10.7 Å². The van der Waals surface area contributed by atoms with E-state index in [0.717, 1.165) is 9.35 Å². The first kappa shape index (κ1) is 10.2. The molecule has 0 bridgehead atoms. The number of hydrogen-bond donors (Lipinski definition) is 2. The van der Waals surface area contributed by atoms with E-state index in [1.165, 1.54) is 7.05 Å². The number of carbonyl (C=O) groups is 1.